The van der Waals surface area contributed by atoms with E-state index in [9.17, 15) is 4.79 Å². The SMILES string of the molecule is COCc1ccc([C@@H]2CCCN2C(=O)NCC(C)(C)SC)o1. The largest absolute Gasteiger partial charge is 0.461 e. The van der Waals surface area contributed by atoms with E-state index >= 15 is 0 Å². The van der Waals surface area contributed by atoms with Crippen molar-refractivity contribution in [1.82, 2.24) is 10.2 Å². The van der Waals surface area contributed by atoms with Crippen molar-refractivity contribution in [2.24, 2.45) is 0 Å². The number of hydrogen-bond donors (Lipinski definition) is 1. The van der Waals surface area contributed by atoms with Gasteiger partial charge < -0.3 is 19.4 Å². The first-order valence-electron chi connectivity index (χ1n) is 7.64. The number of ether oxygens (including phenoxy) is 1. The molecule has 1 atom stereocenters. The second kappa shape index (κ2) is 7.42. The average molecular weight is 326 g/mol. The quantitative estimate of drug-likeness (QED) is 0.870. The number of rotatable bonds is 6. The van der Waals surface area contributed by atoms with E-state index in [0.29, 0.717) is 13.2 Å². The van der Waals surface area contributed by atoms with Gasteiger partial charge in [-0.15, -0.1) is 0 Å². The molecule has 0 unspecified atom stereocenters. The fourth-order valence-electron chi connectivity index (χ4n) is 2.56. The number of carbonyl (C=O) groups excluding carboxylic acids is 1. The zero-order valence-electron chi connectivity index (χ0n) is 13.8. The number of nitrogens with zero attached hydrogens (tertiary/aromatic N) is 1. The maximum Gasteiger partial charge on any atom is 0.318 e. The molecule has 1 aromatic heterocycles. The molecule has 0 aromatic carbocycles. The Morgan fingerprint density at radius 2 is 2.32 bits per heavy atom. The Balaban J connectivity index is 1.98. The van der Waals surface area contributed by atoms with Crippen molar-refractivity contribution in [3.8, 4) is 0 Å². The zero-order chi connectivity index (χ0) is 16.2. The highest BCUT2D eigenvalue weighted by Crippen LogP contribution is 2.33. The monoisotopic (exact) mass is 326 g/mol. The van der Waals surface area contributed by atoms with Crippen molar-refractivity contribution in [2.75, 3.05) is 26.5 Å². The van der Waals surface area contributed by atoms with E-state index in [1.54, 1.807) is 18.9 Å². The van der Waals surface area contributed by atoms with Gasteiger partial charge in [0.15, 0.2) is 0 Å². The third-order valence-electron chi connectivity index (χ3n) is 4.03. The summed E-state index contributed by atoms with van der Waals surface area (Å²) >= 11 is 1.75. The number of amides is 2. The minimum absolute atomic E-state index is 0.00526. The van der Waals surface area contributed by atoms with Crippen LogP contribution >= 0.6 is 11.8 Å². The van der Waals surface area contributed by atoms with Crippen molar-refractivity contribution in [3.63, 3.8) is 0 Å². The smallest absolute Gasteiger partial charge is 0.318 e. The van der Waals surface area contributed by atoms with Gasteiger partial charge in [-0.2, -0.15) is 11.8 Å². The summed E-state index contributed by atoms with van der Waals surface area (Å²) < 4.78 is 10.9. The normalized spacial score (nSPS) is 18.7. The minimum Gasteiger partial charge on any atom is -0.461 e. The maximum atomic E-state index is 12.5. The van der Waals surface area contributed by atoms with Crippen molar-refractivity contribution in [3.05, 3.63) is 23.7 Å². The van der Waals surface area contributed by atoms with Gasteiger partial charge in [0.05, 0.1) is 6.04 Å². The van der Waals surface area contributed by atoms with E-state index in [0.717, 1.165) is 30.9 Å². The van der Waals surface area contributed by atoms with Gasteiger partial charge in [-0.05, 0) is 45.1 Å². The van der Waals surface area contributed by atoms with Crippen molar-refractivity contribution >= 4 is 17.8 Å². The number of likely N-dealkylation sites (tertiary alicyclic amines) is 1. The Hall–Kier alpha value is -1.14. The van der Waals surface area contributed by atoms with E-state index < -0.39 is 0 Å². The van der Waals surface area contributed by atoms with Crippen LogP contribution in [0.25, 0.3) is 0 Å². The maximum absolute atomic E-state index is 12.5. The van der Waals surface area contributed by atoms with Crippen LogP contribution in [0.1, 0.15) is 44.3 Å². The van der Waals surface area contributed by atoms with Crippen LogP contribution in [0.3, 0.4) is 0 Å². The molecule has 1 saturated heterocycles. The first kappa shape index (κ1) is 17.2. The summed E-state index contributed by atoms with van der Waals surface area (Å²) in [6, 6.07) is 3.90. The fraction of sp³-hybridized carbons (Fsp3) is 0.688. The molecule has 2 amide bonds. The summed E-state index contributed by atoms with van der Waals surface area (Å²) in [5.41, 5.74) is 0. The van der Waals surface area contributed by atoms with Crippen molar-refractivity contribution < 1.29 is 13.9 Å². The Morgan fingerprint density at radius 3 is 3.00 bits per heavy atom. The van der Waals surface area contributed by atoms with Gasteiger partial charge in [-0.3, -0.25) is 0 Å². The lowest BCUT2D eigenvalue weighted by Crippen LogP contribution is -2.44. The third kappa shape index (κ3) is 4.20. The second-order valence-corrected chi connectivity index (χ2v) is 7.72. The van der Waals surface area contributed by atoms with Crippen LogP contribution in [0.15, 0.2) is 16.5 Å². The fourth-order valence-corrected chi connectivity index (χ4v) is 2.78. The van der Waals surface area contributed by atoms with Gasteiger partial charge >= 0.3 is 6.03 Å². The van der Waals surface area contributed by atoms with Gasteiger partial charge in [-0.25, -0.2) is 4.79 Å². The summed E-state index contributed by atoms with van der Waals surface area (Å²) in [7, 11) is 1.64. The third-order valence-corrected chi connectivity index (χ3v) is 5.28. The van der Waals surface area contributed by atoms with Gasteiger partial charge in [0.25, 0.3) is 0 Å². The van der Waals surface area contributed by atoms with Crippen LogP contribution in [0, 0.1) is 0 Å². The molecular weight excluding hydrogens is 300 g/mol. The van der Waals surface area contributed by atoms with Crippen LogP contribution in [-0.2, 0) is 11.3 Å². The molecule has 1 aromatic rings. The number of hydrogen-bond acceptors (Lipinski definition) is 4. The first-order chi connectivity index (χ1) is 10.5. The predicted molar refractivity (Wildman–Crippen MR) is 89.1 cm³/mol. The van der Waals surface area contributed by atoms with Gasteiger partial charge in [0, 0.05) is 24.9 Å². The number of methoxy groups -OCH3 is 1. The molecule has 1 aliphatic rings. The standard InChI is InChI=1S/C16H26N2O3S/c1-16(2,22-4)11-17-15(19)18-9-5-6-13(18)14-8-7-12(21-14)10-20-3/h7-8,13H,5-6,9-11H2,1-4H3,(H,17,19)/t13-/m0/s1. The molecule has 0 bridgehead atoms. The zero-order valence-corrected chi connectivity index (χ0v) is 14.7. The molecule has 22 heavy (non-hydrogen) atoms. The molecule has 1 fully saturated rings. The van der Waals surface area contributed by atoms with E-state index in [-0.39, 0.29) is 16.8 Å². The molecule has 1 N–H and O–H groups in total. The number of urea groups is 1. The van der Waals surface area contributed by atoms with Gasteiger partial charge in [0.1, 0.15) is 18.1 Å². The van der Waals surface area contributed by atoms with Crippen molar-refractivity contribution in [2.45, 2.75) is 44.1 Å². The molecule has 2 rings (SSSR count). The summed E-state index contributed by atoms with van der Waals surface area (Å²) in [5, 5.41) is 3.05. The minimum atomic E-state index is -0.00526. The predicted octanol–water partition coefficient (Wildman–Crippen LogP) is 3.41. The topological polar surface area (TPSA) is 54.7 Å². The van der Waals surface area contributed by atoms with Crippen LogP contribution in [0.5, 0.6) is 0 Å². The lowest BCUT2D eigenvalue weighted by atomic mass is 10.2. The van der Waals surface area contributed by atoms with Crippen molar-refractivity contribution in [1.29, 1.82) is 0 Å². The van der Waals surface area contributed by atoms with Crippen LogP contribution in [-0.4, -0.2) is 42.1 Å². The van der Waals surface area contributed by atoms with Crippen LogP contribution in [0.4, 0.5) is 4.79 Å². The highest BCUT2D eigenvalue weighted by Gasteiger charge is 2.32. The van der Waals surface area contributed by atoms with Gasteiger partial charge in [0.2, 0.25) is 0 Å². The first-order valence-corrected chi connectivity index (χ1v) is 8.86. The average Bonchev–Trinajstić information content (AvgIpc) is 3.13. The van der Waals surface area contributed by atoms with E-state index in [4.69, 9.17) is 9.15 Å². The molecule has 1 aliphatic heterocycles. The van der Waals surface area contributed by atoms with Crippen LogP contribution in [0.2, 0.25) is 0 Å². The Kier molecular flexibility index (Phi) is 5.81. The summed E-state index contributed by atoms with van der Waals surface area (Å²) in [6.07, 6.45) is 4.01. The lowest BCUT2D eigenvalue weighted by molar-refractivity contribution is 0.156. The second-order valence-electron chi connectivity index (χ2n) is 6.21. The molecule has 124 valence electrons. The number of nitrogens with one attached hydrogen (secondary N) is 1. The highest BCUT2D eigenvalue weighted by atomic mass is 32.2. The van der Waals surface area contributed by atoms with E-state index in [1.807, 2.05) is 17.0 Å². The van der Waals surface area contributed by atoms with E-state index in [1.165, 1.54) is 0 Å². The summed E-state index contributed by atoms with van der Waals surface area (Å²) in [4.78, 5) is 14.3. The number of carbonyl (C=O) groups is 1. The molecule has 2 heterocycles. The highest BCUT2D eigenvalue weighted by molar-refractivity contribution is 7.99. The molecule has 0 radical (unpaired) electrons. The Labute approximate surface area is 136 Å². The summed E-state index contributed by atoms with van der Waals surface area (Å²) in [6.45, 7) is 6.15. The molecule has 5 nitrogen and oxygen atoms in total. The number of furan rings is 1. The molecular formula is C16H26N2O3S. The molecule has 0 spiro atoms. The van der Waals surface area contributed by atoms with Gasteiger partial charge in [-0.1, -0.05) is 0 Å². The Bertz CT molecular complexity index is 501. The molecule has 6 heteroatoms. The van der Waals surface area contributed by atoms with E-state index in [2.05, 4.69) is 25.4 Å². The van der Waals surface area contributed by atoms with Crippen LogP contribution < -0.4 is 5.32 Å². The summed E-state index contributed by atoms with van der Waals surface area (Å²) in [5.74, 6) is 1.65. The molecule has 0 aliphatic carbocycles. The molecule has 0 saturated carbocycles. The Morgan fingerprint density at radius 1 is 1.55 bits per heavy atom. The number of thioether (sulfide) groups is 1. The lowest BCUT2D eigenvalue weighted by Gasteiger charge is -2.27.